The van der Waals surface area contributed by atoms with Gasteiger partial charge in [-0.05, 0) is 48.6 Å². The number of nitrogens with zero attached hydrogens (tertiary/aromatic N) is 1. The second kappa shape index (κ2) is 9.10. The number of pyridine rings is 1. The van der Waals surface area contributed by atoms with Crippen molar-refractivity contribution in [2.45, 2.75) is 44.6 Å². The van der Waals surface area contributed by atoms with Gasteiger partial charge in [-0.15, -0.1) is 0 Å². The van der Waals surface area contributed by atoms with E-state index in [-0.39, 0.29) is 18.1 Å². The van der Waals surface area contributed by atoms with Crippen molar-refractivity contribution in [2.24, 2.45) is 0 Å². The van der Waals surface area contributed by atoms with Gasteiger partial charge in [-0.3, -0.25) is 4.79 Å². The summed E-state index contributed by atoms with van der Waals surface area (Å²) in [6.07, 6.45) is 2.92. The molecule has 5 nitrogen and oxygen atoms in total. The van der Waals surface area contributed by atoms with Crippen molar-refractivity contribution in [3.8, 4) is 17.0 Å². The van der Waals surface area contributed by atoms with Crippen molar-refractivity contribution in [3.05, 3.63) is 47.7 Å². The molecule has 1 aliphatic heterocycles. The molecule has 0 amide bonds. The van der Waals surface area contributed by atoms with Crippen LogP contribution in [-0.4, -0.2) is 35.4 Å². The van der Waals surface area contributed by atoms with Gasteiger partial charge >= 0.3 is 5.97 Å². The summed E-state index contributed by atoms with van der Waals surface area (Å²) in [6, 6.07) is 5.95. The third kappa shape index (κ3) is 4.84. The summed E-state index contributed by atoms with van der Waals surface area (Å²) >= 11 is 0. The highest BCUT2D eigenvalue weighted by atomic mass is 19.1. The third-order valence-electron chi connectivity index (χ3n) is 4.85. The fourth-order valence-corrected chi connectivity index (χ4v) is 3.38. The average Bonchev–Trinajstić information content (AvgIpc) is 3.14. The third-order valence-corrected chi connectivity index (χ3v) is 4.85. The van der Waals surface area contributed by atoms with Gasteiger partial charge in [0.15, 0.2) is 0 Å². The topological polar surface area (TPSA) is 68.7 Å². The first kappa shape index (κ1) is 20.2. The van der Waals surface area contributed by atoms with Crippen LogP contribution in [-0.2, 0) is 9.53 Å². The lowest BCUT2D eigenvalue weighted by Gasteiger charge is -2.17. The van der Waals surface area contributed by atoms with Crippen molar-refractivity contribution < 1.29 is 28.2 Å². The van der Waals surface area contributed by atoms with Gasteiger partial charge in [-0.1, -0.05) is 6.92 Å². The highest BCUT2D eigenvalue weighted by molar-refractivity contribution is 5.69. The van der Waals surface area contributed by atoms with Gasteiger partial charge in [0, 0.05) is 30.2 Å². The van der Waals surface area contributed by atoms with Crippen LogP contribution >= 0.6 is 0 Å². The summed E-state index contributed by atoms with van der Waals surface area (Å²) in [6.45, 7) is 2.78. The maximum Gasteiger partial charge on any atom is 0.303 e. The SMILES string of the molecule is CC(CCCC(=O)O)c1c(F)cc(-c2cccnc2OC2CCOC2)cc1F. The second-order valence-corrected chi connectivity index (χ2v) is 7.00. The minimum absolute atomic E-state index is 0.0209. The van der Waals surface area contributed by atoms with Crippen LogP contribution < -0.4 is 4.74 Å². The van der Waals surface area contributed by atoms with Crippen LogP contribution in [0.2, 0.25) is 0 Å². The normalized spacial score (nSPS) is 17.5. The predicted molar refractivity (Wildman–Crippen MR) is 99.3 cm³/mol. The van der Waals surface area contributed by atoms with Crippen LogP contribution in [0.3, 0.4) is 0 Å². The van der Waals surface area contributed by atoms with Crippen molar-refractivity contribution in [1.29, 1.82) is 0 Å². The number of hydrogen-bond acceptors (Lipinski definition) is 4. The van der Waals surface area contributed by atoms with E-state index in [0.29, 0.717) is 43.1 Å². The van der Waals surface area contributed by atoms with E-state index in [1.165, 1.54) is 12.1 Å². The predicted octanol–water partition coefficient (Wildman–Crippen LogP) is 4.55. The van der Waals surface area contributed by atoms with E-state index in [1.54, 1.807) is 25.3 Å². The summed E-state index contributed by atoms with van der Waals surface area (Å²) in [5, 5.41) is 8.72. The van der Waals surface area contributed by atoms with Crippen molar-refractivity contribution in [3.63, 3.8) is 0 Å². The first-order chi connectivity index (χ1) is 13.5. The zero-order valence-electron chi connectivity index (χ0n) is 15.7. The first-order valence-electron chi connectivity index (χ1n) is 9.36. The molecule has 150 valence electrons. The lowest BCUT2D eigenvalue weighted by Crippen LogP contribution is -2.17. The molecule has 1 aromatic heterocycles. The minimum Gasteiger partial charge on any atom is -0.481 e. The summed E-state index contributed by atoms with van der Waals surface area (Å²) in [5.41, 5.74) is 0.834. The molecule has 1 saturated heterocycles. The molecule has 2 aromatic rings. The highest BCUT2D eigenvalue weighted by Gasteiger charge is 2.22. The van der Waals surface area contributed by atoms with Crippen LogP contribution in [0.1, 0.15) is 44.1 Å². The van der Waals surface area contributed by atoms with Crippen LogP contribution in [0.5, 0.6) is 5.88 Å². The molecule has 3 rings (SSSR count). The van der Waals surface area contributed by atoms with Crippen LogP contribution in [0.15, 0.2) is 30.5 Å². The Hall–Kier alpha value is -2.54. The molecule has 0 spiro atoms. The van der Waals surface area contributed by atoms with E-state index in [2.05, 4.69) is 4.98 Å². The Morgan fingerprint density at radius 1 is 1.39 bits per heavy atom. The van der Waals surface area contributed by atoms with E-state index in [0.717, 1.165) is 6.42 Å². The first-order valence-corrected chi connectivity index (χ1v) is 9.36. The summed E-state index contributed by atoms with van der Waals surface area (Å²) in [7, 11) is 0. The van der Waals surface area contributed by atoms with Crippen LogP contribution in [0.4, 0.5) is 8.78 Å². The number of aliphatic carboxylic acids is 1. The number of halogens is 2. The van der Waals surface area contributed by atoms with Crippen molar-refractivity contribution in [1.82, 2.24) is 4.98 Å². The van der Waals surface area contributed by atoms with E-state index >= 15 is 0 Å². The zero-order chi connectivity index (χ0) is 20.1. The molecular weight excluding hydrogens is 368 g/mol. The number of carboxylic acid groups (broad SMARTS) is 1. The van der Waals surface area contributed by atoms with E-state index in [4.69, 9.17) is 14.6 Å². The average molecular weight is 391 g/mol. The van der Waals surface area contributed by atoms with E-state index < -0.39 is 23.5 Å². The molecule has 7 heteroatoms. The summed E-state index contributed by atoms with van der Waals surface area (Å²) < 4.78 is 40.6. The molecule has 28 heavy (non-hydrogen) atoms. The van der Waals surface area contributed by atoms with Crippen LogP contribution in [0.25, 0.3) is 11.1 Å². The van der Waals surface area contributed by atoms with Gasteiger partial charge in [0.05, 0.1) is 13.2 Å². The van der Waals surface area contributed by atoms with E-state index in [9.17, 15) is 13.6 Å². The van der Waals surface area contributed by atoms with Crippen LogP contribution in [0, 0.1) is 11.6 Å². The Bertz CT molecular complexity index is 814. The quantitative estimate of drug-likeness (QED) is 0.715. The van der Waals surface area contributed by atoms with Gasteiger partial charge in [0.25, 0.3) is 0 Å². The van der Waals surface area contributed by atoms with Gasteiger partial charge < -0.3 is 14.6 Å². The Morgan fingerprint density at radius 2 is 2.14 bits per heavy atom. The Labute approximate surface area is 162 Å². The maximum atomic E-state index is 14.7. The standard InChI is InChI=1S/C21H23F2NO4/c1-13(4-2-6-19(25)26)20-17(22)10-14(11-18(20)23)16-5-3-8-24-21(16)28-15-7-9-27-12-15/h3,5,8,10-11,13,15H,2,4,6-7,9,12H2,1H3,(H,25,26). The van der Waals surface area contributed by atoms with E-state index in [1.807, 2.05) is 0 Å². The largest absolute Gasteiger partial charge is 0.481 e. The second-order valence-electron chi connectivity index (χ2n) is 7.00. The molecule has 2 unspecified atom stereocenters. The Kier molecular flexibility index (Phi) is 6.57. The highest BCUT2D eigenvalue weighted by Crippen LogP contribution is 2.34. The van der Waals surface area contributed by atoms with Gasteiger partial charge in [0.1, 0.15) is 17.7 Å². The minimum atomic E-state index is -0.916. The molecule has 0 radical (unpaired) electrons. The molecule has 1 N–H and O–H groups in total. The van der Waals surface area contributed by atoms with Gasteiger partial charge in [-0.25, -0.2) is 13.8 Å². The smallest absolute Gasteiger partial charge is 0.303 e. The fourth-order valence-electron chi connectivity index (χ4n) is 3.38. The fraction of sp³-hybridized carbons (Fsp3) is 0.429. The number of carbonyl (C=O) groups is 1. The molecule has 2 heterocycles. The number of carboxylic acids is 1. The number of rotatable bonds is 8. The molecule has 1 aliphatic rings. The number of hydrogen-bond donors (Lipinski definition) is 1. The Morgan fingerprint density at radius 3 is 2.79 bits per heavy atom. The van der Waals surface area contributed by atoms with Gasteiger partial charge in [-0.2, -0.15) is 0 Å². The molecule has 0 bridgehead atoms. The zero-order valence-corrected chi connectivity index (χ0v) is 15.7. The number of benzene rings is 1. The van der Waals surface area contributed by atoms with Gasteiger partial charge in [0.2, 0.25) is 5.88 Å². The summed E-state index contributed by atoms with van der Waals surface area (Å²) in [5.74, 6) is -2.33. The lowest BCUT2D eigenvalue weighted by atomic mass is 9.92. The summed E-state index contributed by atoms with van der Waals surface area (Å²) in [4.78, 5) is 14.8. The number of aromatic nitrogens is 1. The molecule has 2 atom stereocenters. The molecule has 1 aromatic carbocycles. The Balaban J connectivity index is 1.83. The molecule has 1 fully saturated rings. The lowest BCUT2D eigenvalue weighted by molar-refractivity contribution is -0.137. The number of ether oxygens (including phenoxy) is 2. The van der Waals surface area contributed by atoms with Crippen molar-refractivity contribution >= 4 is 5.97 Å². The molecule has 0 aliphatic carbocycles. The monoisotopic (exact) mass is 391 g/mol. The van der Waals surface area contributed by atoms with Crippen molar-refractivity contribution in [2.75, 3.05) is 13.2 Å². The maximum absolute atomic E-state index is 14.7. The molecule has 0 saturated carbocycles. The molecular formula is C21H23F2NO4.